The summed E-state index contributed by atoms with van der Waals surface area (Å²) in [7, 11) is 0. The quantitative estimate of drug-likeness (QED) is 0.516. The Labute approximate surface area is 147 Å². The topological polar surface area (TPSA) is 25.8 Å². The SMILES string of the molecule is CCSc1nc(C2CC2)nc2sc3c(c12)CC[C@H](C(C)(C)C)C3. The van der Waals surface area contributed by atoms with Gasteiger partial charge in [0.2, 0.25) is 0 Å². The van der Waals surface area contributed by atoms with Crippen molar-refractivity contribution in [2.24, 2.45) is 11.3 Å². The van der Waals surface area contributed by atoms with Gasteiger partial charge in [-0.3, -0.25) is 0 Å². The van der Waals surface area contributed by atoms with Crippen molar-refractivity contribution in [3.05, 3.63) is 16.3 Å². The highest BCUT2D eigenvalue weighted by atomic mass is 32.2. The number of nitrogens with zero attached hydrogens (tertiary/aromatic N) is 2. The lowest BCUT2D eigenvalue weighted by atomic mass is 9.72. The fourth-order valence-electron chi connectivity index (χ4n) is 3.66. The van der Waals surface area contributed by atoms with Crippen molar-refractivity contribution in [3.8, 4) is 0 Å². The second kappa shape index (κ2) is 5.73. The van der Waals surface area contributed by atoms with Crippen molar-refractivity contribution in [1.82, 2.24) is 9.97 Å². The Morgan fingerprint density at radius 3 is 2.61 bits per heavy atom. The van der Waals surface area contributed by atoms with Gasteiger partial charge in [-0.25, -0.2) is 9.97 Å². The first-order valence-corrected chi connectivity index (χ1v) is 10.7. The zero-order chi connectivity index (χ0) is 16.2. The van der Waals surface area contributed by atoms with Crippen molar-refractivity contribution >= 4 is 33.3 Å². The molecule has 0 aromatic carbocycles. The molecule has 4 rings (SSSR count). The van der Waals surface area contributed by atoms with E-state index in [2.05, 4.69) is 27.7 Å². The van der Waals surface area contributed by atoms with E-state index in [1.54, 1.807) is 10.4 Å². The zero-order valence-electron chi connectivity index (χ0n) is 14.6. The number of thiophene rings is 1. The van der Waals surface area contributed by atoms with Gasteiger partial charge in [-0.1, -0.05) is 27.7 Å². The van der Waals surface area contributed by atoms with Gasteiger partial charge in [0.1, 0.15) is 15.7 Å². The molecule has 1 atom stereocenters. The van der Waals surface area contributed by atoms with Gasteiger partial charge in [-0.05, 0) is 54.8 Å². The van der Waals surface area contributed by atoms with E-state index >= 15 is 0 Å². The van der Waals surface area contributed by atoms with Gasteiger partial charge in [-0.2, -0.15) is 0 Å². The summed E-state index contributed by atoms with van der Waals surface area (Å²) >= 11 is 3.86. The molecule has 2 nitrogen and oxygen atoms in total. The van der Waals surface area contributed by atoms with E-state index < -0.39 is 0 Å². The van der Waals surface area contributed by atoms with E-state index in [0.717, 1.165) is 17.5 Å². The molecule has 124 valence electrons. The van der Waals surface area contributed by atoms with Gasteiger partial charge in [0.05, 0.1) is 0 Å². The summed E-state index contributed by atoms with van der Waals surface area (Å²) in [6, 6.07) is 0. The molecule has 23 heavy (non-hydrogen) atoms. The first-order chi connectivity index (χ1) is 11.0. The molecule has 1 saturated carbocycles. The van der Waals surface area contributed by atoms with Gasteiger partial charge in [0.15, 0.2) is 0 Å². The Hall–Kier alpha value is -0.610. The Bertz CT molecular complexity index is 738. The standard InChI is InChI=1S/C19H26N2S2/c1-5-22-17-15-13-9-8-12(19(2,3)4)10-14(13)23-18(15)21-16(20-17)11-6-7-11/h11-12H,5-10H2,1-4H3/t12-/m0/s1. The number of aryl methyl sites for hydroxylation is 1. The minimum atomic E-state index is 0.402. The normalized spacial score (nSPS) is 21.7. The predicted molar refractivity (Wildman–Crippen MR) is 101 cm³/mol. The summed E-state index contributed by atoms with van der Waals surface area (Å²) in [6.45, 7) is 9.39. The number of fused-ring (bicyclic) bond motifs is 3. The van der Waals surface area contributed by atoms with Crippen molar-refractivity contribution in [2.45, 2.75) is 70.7 Å². The van der Waals surface area contributed by atoms with Crippen LogP contribution < -0.4 is 0 Å². The van der Waals surface area contributed by atoms with Crippen LogP contribution in [0.25, 0.3) is 10.2 Å². The zero-order valence-corrected chi connectivity index (χ0v) is 16.2. The van der Waals surface area contributed by atoms with Crippen molar-refractivity contribution < 1.29 is 0 Å². The van der Waals surface area contributed by atoms with Crippen LogP contribution in [0.3, 0.4) is 0 Å². The molecule has 0 unspecified atom stereocenters. The fraction of sp³-hybridized carbons (Fsp3) is 0.684. The van der Waals surface area contributed by atoms with Crippen LogP contribution in [0.15, 0.2) is 5.03 Å². The summed E-state index contributed by atoms with van der Waals surface area (Å²) in [5.74, 6) is 3.63. The summed E-state index contributed by atoms with van der Waals surface area (Å²) in [5, 5.41) is 2.65. The van der Waals surface area contributed by atoms with Crippen LogP contribution in [-0.4, -0.2) is 15.7 Å². The van der Waals surface area contributed by atoms with E-state index in [-0.39, 0.29) is 0 Å². The summed E-state index contributed by atoms with van der Waals surface area (Å²) < 4.78 is 0. The van der Waals surface area contributed by atoms with Crippen LogP contribution in [-0.2, 0) is 12.8 Å². The highest BCUT2D eigenvalue weighted by Crippen LogP contribution is 2.46. The van der Waals surface area contributed by atoms with Crippen molar-refractivity contribution in [1.29, 1.82) is 0 Å². The van der Waals surface area contributed by atoms with E-state index in [1.807, 2.05) is 23.1 Å². The minimum absolute atomic E-state index is 0.402. The Balaban J connectivity index is 1.80. The van der Waals surface area contributed by atoms with Crippen LogP contribution in [0.4, 0.5) is 0 Å². The van der Waals surface area contributed by atoms with Crippen molar-refractivity contribution in [2.75, 3.05) is 5.75 Å². The molecule has 0 aliphatic heterocycles. The second-order valence-corrected chi connectivity index (χ2v) is 10.4. The van der Waals surface area contributed by atoms with Crippen LogP contribution in [0, 0.1) is 11.3 Å². The molecule has 1 fully saturated rings. The molecule has 2 aromatic heterocycles. The van der Waals surface area contributed by atoms with E-state index in [9.17, 15) is 0 Å². The van der Waals surface area contributed by atoms with Crippen LogP contribution in [0.5, 0.6) is 0 Å². The first-order valence-electron chi connectivity index (χ1n) is 8.92. The molecule has 0 saturated heterocycles. The average Bonchev–Trinajstić information content (AvgIpc) is 3.26. The van der Waals surface area contributed by atoms with Crippen molar-refractivity contribution in [3.63, 3.8) is 0 Å². The highest BCUT2D eigenvalue weighted by Gasteiger charge is 2.33. The van der Waals surface area contributed by atoms with E-state index in [4.69, 9.17) is 9.97 Å². The number of hydrogen-bond donors (Lipinski definition) is 0. The predicted octanol–water partition coefficient (Wildman–Crippen LogP) is 5.83. The highest BCUT2D eigenvalue weighted by molar-refractivity contribution is 7.99. The monoisotopic (exact) mass is 346 g/mol. The molecule has 2 aliphatic carbocycles. The maximum Gasteiger partial charge on any atom is 0.134 e. The van der Waals surface area contributed by atoms with Crippen LogP contribution in [0.1, 0.15) is 69.1 Å². The lowest BCUT2D eigenvalue weighted by Gasteiger charge is -2.33. The second-order valence-electron chi connectivity index (χ2n) is 8.08. The molecule has 4 heteroatoms. The minimum Gasteiger partial charge on any atom is -0.226 e. The number of thioether (sulfide) groups is 1. The molecule has 0 amide bonds. The summed E-state index contributed by atoms with van der Waals surface area (Å²) in [5.41, 5.74) is 1.98. The van der Waals surface area contributed by atoms with Crippen LogP contribution >= 0.6 is 23.1 Å². The summed E-state index contributed by atoms with van der Waals surface area (Å²) in [4.78, 5) is 12.8. The van der Waals surface area contributed by atoms with Gasteiger partial charge < -0.3 is 0 Å². The smallest absolute Gasteiger partial charge is 0.134 e. The number of aromatic nitrogens is 2. The molecule has 0 radical (unpaired) electrons. The molecule has 2 heterocycles. The molecular formula is C19H26N2S2. The third-order valence-corrected chi connectivity index (χ3v) is 7.35. The van der Waals surface area contributed by atoms with Crippen LogP contribution in [0.2, 0.25) is 0 Å². The molecular weight excluding hydrogens is 320 g/mol. The molecule has 0 N–H and O–H groups in total. The number of rotatable bonds is 3. The van der Waals surface area contributed by atoms with Gasteiger partial charge in [0.25, 0.3) is 0 Å². The maximum atomic E-state index is 4.97. The molecule has 2 aromatic rings. The molecule has 0 bridgehead atoms. The first kappa shape index (κ1) is 15.9. The number of hydrogen-bond acceptors (Lipinski definition) is 4. The third-order valence-electron chi connectivity index (χ3n) is 5.34. The largest absolute Gasteiger partial charge is 0.226 e. The molecule has 0 spiro atoms. The molecule has 2 aliphatic rings. The fourth-order valence-corrected chi connectivity index (χ4v) is 5.83. The lowest BCUT2D eigenvalue weighted by molar-refractivity contribution is 0.218. The summed E-state index contributed by atoms with van der Waals surface area (Å²) in [6.07, 6.45) is 6.30. The third kappa shape index (κ3) is 2.93. The van der Waals surface area contributed by atoms with Gasteiger partial charge in [0, 0.05) is 16.2 Å². The van der Waals surface area contributed by atoms with E-state index in [1.165, 1.54) is 47.3 Å². The lowest BCUT2D eigenvalue weighted by Crippen LogP contribution is -2.26. The van der Waals surface area contributed by atoms with Gasteiger partial charge >= 0.3 is 0 Å². The average molecular weight is 347 g/mol. The maximum absolute atomic E-state index is 4.97. The Morgan fingerprint density at radius 2 is 1.96 bits per heavy atom. The Kier molecular flexibility index (Phi) is 3.96. The van der Waals surface area contributed by atoms with Gasteiger partial charge in [-0.15, -0.1) is 23.1 Å². The Morgan fingerprint density at radius 1 is 1.17 bits per heavy atom. The van der Waals surface area contributed by atoms with E-state index in [0.29, 0.717) is 11.3 Å².